The van der Waals surface area contributed by atoms with Crippen molar-refractivity contribution in [2.75, 3.05) is 6.61 Å². The van der Waals surface area contributed by atoms with E-state index in [1.165, 1.54) is 0 Å². The monoisotopic (exact) mass is 366 g/mol. The standard InChI is InChI=1S/C17H16BrClO2/c18-12-6-5-11(15(19)10-12)9-16(20)13-7-8-21-17-4-2-1-3-14(13)17/h1-6,10,13,16,20H,7-9H2. The van der Waals surface area contributed by atoms with Crippen LogP contribution >= 0.6 is 27.5 Å². The molecule has 1 N–H and O–H groups in total. The van der Waals surface area contributed by atoms with Gasteiger partial charge in [0.2, 0.25) is 0 Å². The number of aliphatic hydroxyl groups is 1. The number of fused-ring (bicyclic) bond motifs is 1. The Kier molecular flexibility index (Phi) is 4.53. The molecule has 3 rings (SSSR count). The van der Waals surface area contributed by atoms with Gasteiger partial charge in [0.15, 0.2) is 0 Å². The Balaban J connectivity index is 1.81. The second kappa shape index (κ2) is 6.39. The Hall–Kier alpha value is -1.03. The van der Waals surface area contributed by atoms with Gasteiger partial charge in [-0.25, -0.2) is 0 Å². The van der Waals surface area contributed by atoms with Crippen LogP contribution in [0.1, 0.15) is 23.5 Å². The van der Waals surface area contributed by atoms with E-state index in [2.05, 4.69) is 15.9 Å². The van der Waals surface area contributed by atoms with E-state index in [1.807, 2.05) is 42.5 Å². The number of hydrogen-bond acceptors (Lipinski definition) is 2. The summed E-state index contributed by atoms with van der Waals surface area (Å²) in [6, 6.07) is 13.7. The van der Waals surface area contributed by atoms with Gasteiger partial charge in [-0.1, -0.05) is 51.8 Å². The lowest BCUT2D eigenvalue weighted by atomic mass is 9.85. The van der Waals surface area contributed by atoms with Crippen LogP contribution in [0.15, 0.2) is 46.9 Å². The fourth-order valence-electron chi connectivity index (χ4n) is 2.82. The molecule has 0 bridgehead atoms. The van der Waals surface area contributed by atoms with Crippen LogP contribution in [-0.4, -0.2) is 17.8 Å². The second-order valence-corrected chi connectivity index (χ2v) is 6.61. The summed E-state index contributed by atoms with van der Waals surface area (Å²) in [6.07, 6.45) is 0.908. The maximum Gasteiger partial charge on any atom is 0.122 e. The third-order valence-electron chi connectivity index (χ3n) is 3.91. The summed E-state index contributed by atoms with van der Waals surface area (Å²) in [5, 5.41) is 11.3. The third kappa shape index (κ3) is 3.25. The van der Waals surface area contributed by atoms with E-state index in [0.29, 0.717) is 18.1 Å². The Morgan fingerprint density at radius 2 is 2.10 bits per heavy atom. The first-order valence-corrected chi connectivity index (χ1v) is 8.16. The molecule has 0 aromatic heterocycles. The van der Waals surface area contributed by atoms with Gasteiger partial charge in [0.1, 0.15) is 5.75 Å². The predicted octanol–water partition coefficient (Wildman–Crippen LogP) is 4.57. The SMILES string of the molecule is OC(Cc1ccc(Br)cc1Cl)C1CCOc2ccccc21. The van der Waals surface area contributed by atoms with E-state index < -0.39 is 6.10 Å². The number of aliphatic hydroxyl groups excluding tert-OH is 1. The predicted molar refractivity (Wildman–Crippen MR) is 88.2 cm³/mol. The van der Waals surface area contributed by atoms with Crippen molar-refractivity contribution in [1.29, 1.82) is 0 Å². The number of halogens is 2. The highest BCUT2D eigenvalue weighted by Gasteiger charge is 2.28. The minimum absolute atomic E-state index is 0.0923. The van der Waals surface area contributed by atoms with Crippen molar-refractivity contribution in [2.24, 2.45) is 0 Å². The average Bonchev–Trinajstić information content (AvgIpc) is 2.49. The molecule has 0 radical (unpaired) electrons. The van der Waals surface area contributed by atoms with Crippen molar-refractivity contribution < 1.29 is 9.84 Å². The molecular formula is C17H16BrClO2. The zero-order valence-corrected chi connectivity index (χ0v) is 13.8. The van der Waals surface area contributed by atoms with Crippen LogP contribution in [-0.2, 0) is 6.42 Å². The molecule has 2 aromatic rings. The van der Waals surface area contributed by atoms with Gasteiger partial charge < -0.3 is 9.84 Å². The van der Waals surface area contributed by atoms with Crippen LogP contribution in [0.4, 0.5) is 0 Å². The van der Waals surface area contributed by atoms with Crippen molar-refractivity contribution in [3.63, 3.8) is 0 Å². The molecule has 21 heavy (non-hydrogen) atoms. The molecule has 110 valence electrons. The lowest BCUT2D eigenvalue weighted by Crippen LogP contribution is -2.26. The van der Waals surface area contributed by atoms with Crippen LogP contribution < -0.4 is 4.74 Å². The summed E-state index contributed by atoms with van der Waals surface area (Å²) < 4.78 is 6.60. The lowest BCUT2D eigenvalue weighted by molar-refractivity contribution is 0.116. The smallest absolute Gasteiger partial charge is 0.122 e. The van der Waals surface area contributed by atoms with E-state index in [-0.39, 0.29) is 5.92 Å². The minimum atomic E-state index is -0.464. The zero-order chi connectivity index (χ0) is 14.8. The van der Waals surface area contributed by atoms with Gasteiger partial charge in [-0.2, -0.15) is 0 Å². The maximum atomic E-state index is 10.6. The van der Waals surface area contributed by atoms with Crippen LogP contribution in [0, 0.1) is 0 Å². The van der Waals surface area contributed by atoms with Gasteiger partial charge in [-0.15, -0.1) is 0 Å². The van der Waals surface area contributed by atoms with Gasteiger partial charge in [0.05, 0.1) is 12.7 Å². The summed E-state index contributed by atoms with van der Waals surface area (Å²) in [5.41, 5.74) is 2.06. The quantitative estimate of drug-likeness (QED) is 0.861. The number of hydrogen-bond donors (Lipinski definition) is 1. The first-order valence-electron chi connectivity index (χ1n) is 6.99. The summed E-state index contributed by atoms with van der Waals surface area (Å²) in [4.78, 5) is 0. The molecule has 1 aliphatic heterocycles. The highest BCUT2D eigenvalue weighted by Crippen LogP contribution is 2.37. The molecule has 2 unspecified atom stereocenters. The second-order valence-electron chi connectivity index (χ2n) is 5.29. The topological polar surface area (TPSA) is 29.5 Å². The molecule has 0 saturated heterocycles. The number of ether oxygens (including phenoxy) is 1. The number of benzene rings is 2. The third-order valence-corrected chi connectivity index (χ3v) is 4.76. The zero-order valence-electron chi connectivity index (χ0n) is 11.4. The van der Waals surface area contributed by atoms with Gasteiger partial charge >= 0.3 is 0 Å². The molecule has 4 heteroatoms. The van der Waals surface area contributed by atoms with Gasteiger partial charge in [-0.05, 0) is 35.7 Å². The Labute approximate surface area is 137 Å². The van der Waals surface area contributed by atoms with Crippen LogP contribution in [0.2, 0.25) is 5.02 Å². The normalized spacial score (nSPS) is 18.7. The Bertz CT molecular complexity index is 644. The van der Waals surface area contributed by atoms with E-state index in [4.69, 9.17) is 16.3 Å². The number of para-hydroxylation sites is 1. The van der Waals surface area contributed by atoms with Crippen molar-refractivity contribution in [3.05, 3.63) is 63.1 Å². The molecule has 2 atom stereocenters. The molecule has 2 nitrogen and oxygen atoms in total. The molecular weight excluding hydrogens is 352 g/mol. The van der Waals surface area contributed by atoms with Gasteiger partial charge in [-0.3, -0.25) is 0 Å². The van der Waals surface area contributed by atoms with Gasteiger partial charge in [0.25, 0.3) is 0 Å². The van der Waals surface area contributed by atoms with E-state index in [1.54, 1.807) is 0 Å². The Morgan fingerprint density at radius 3 is 2.90 bits per heavy atom. The summed E-state index contributed by atoms with van der Waals surface area (Å²) in [5.74, 6) is 0.976. The van der Waals surface area contributed by atoms with E-state index in [0.717, 1.165) is 27.8 Å². The maximum absolute atomic E-state index is 10.6. The highest BCUT2D eigenvalue weighted by atomic mass is 79.9. The van der Waals surface area contributed by atoms with Crippen molar-refractivity contribution in [2.45, 2.75) is 24.9 Å². The summed E-state index contributed by atoms with van der Waals surface area (Å²) in [7, 11) is 0. The summed E-state index contributed by atoms with van der Waals surface area (Å²) in [6.45, 7) is 0.646. The first-order chi connectivity index (χ1) is 10.1. The van der Waals surface area contributed by atoms with Crippen LogP contribution in [0.5, 0.6) is 5.75 Å². The molecule has 1 aliphatic rings. The molecule has 1 heterocycles. The molecule has 2 aromatic carbocycles. The van der Waals surface area contributed by atoms with E-state index >= 15 is 0 Å². The van der Waals surface area contributed by atoms with E-state index in [9.17, 15) is 5.11 Å². The molecule has 0 aliphatic carbocycles. The molecule has 0 saturated carbocycles. The largest absolute Gasteiger partial charge is 0.493 e. The van der Waals surface area contributed by atoms with Crippen molar-refractivity contribution >= 4 is 27.5 Å². The lowest BCUT2D eigenvalue weighted by Gasteiger charge is -2.29. The average molecular weight is 368 g/mol. The number of rotatable bonds is 3. The first kappa shape index (κ1) is 14.9. The fraction of sp³-hybridized carbons (Fsp3) is 0.294. The highest BCUT2D eigenvalue weighted by molar-refractivity contribution is 9.10. The minimum Gasteiger partial charge on any atom is -0.493 e. The summed E-state index contributed by atoms with van der Waals surface area (Å²) >= 11 is 9.64. The molecule has 0 fully saturated rings. The molecule has 0 spiro atoms. The van der Waals surface area contributed by atoms with Crippen LogP contribution in [0.25, 0.3) is 0 Å². The molecule has 0 amide bonds. The van der Waals surface area contributed by atoms with Gasteiger partial charge in [0, 0.05) is 21.8 Å². The van der Waals surface area contributed by atoms with Crippen LogP contribution in [0.3, 0.4) is 0 Å². The Morgan fingerprint density at radius 1 is 1.29 bits per heavy atom. The van der Waals surface area contributed by atoms with Crippen molar-refractivity contribution in [3.8, 4) is 5.75 Å². The van der Waals surface area contributed by atoms with Crippen molar-refractivity contribution in [1.82, 2.24) is 0 Å². The fourth-order valence-corrected chi connectivity index (χ4v) is 3.57.